The molecule has 4 bridgehead atoms. The first-order valence-corrected chi connectivity index (χ1v) is 4.76. The molecule has 0 N–H and O–H groups in total. The summed E-state index contributed by atoms with van der Waals surface area (Å²) in [5, 5.41) is 0. The molecule has 0 aromatic heterocycles. The molecule has 0 radical (unpaired) electrons. The molecule has 0 amide bonds. The molecule has 0 aliphatic heterocycles. The van der Waals surface area contributed by atoms with E-state index in [9.17, 15) is 4.79 Å². The van der Waals surface area contributed by atoms with Gasteiger partial charge in [0.15, 0.2) is 0 Å². The van der Waals surface area contributed by atoms with Gasteiger partial charge in [-0.15, -0.1) is 0 Å². The summed E-state index contributed by atoms with van der Waals surface area (Å²) in [6.07, 6.45) is 5.33. The van der Waals surface area contributed by atoms with Gasteiger partial charge in [0.05, 0.1) is 0 Å². The van der Waals surface area contributed by atoms with Crippen molar-refractivity contribution in [3.8, 4) is 0 Å². The number of ketones is 1. The maximum Gasteiger partial charge on any atom is 0.136 e. The molecule has 60 valence electrons. The van der Waals surface area contributed by atoms with Gasteiger partial charge in [-0.3, -0.25) is 4.79 Å². The monoisotopic (exact) mass is 150 g/mol. The van der Waals surface area contributed by atoms with Crippen molar-refractivity contribution in [2.75, 3.05) is 0 Å². The van der Waals surface area contributed by atoms with Crippen LogP contribution in [-0.4, -0.2) is 5.78 Å². The molecule has 4 aliphatic carbocycles. The number of hydrogen-bond acceptors (Lipinski definition) is 1. The second kappa shape index (κ2) is 1.55. The lowest BCUT2D eigenvalue weighted by Gasteiger charge is -2.43. The van der Waals surface area contributed by atoms with Crippen LogP contribution in [0.3, 0.4) is 0 Å². The van der Waals surface area contributed by atoms with Gasteiger partial charge < -0.3 is 0 Å². The van der Waals surface area contributed by atoms with E-state index in [4.69, 9.17) is 0 Å². The van der Waals surface area contributed by atoms with Gasteiger partial charge in [-0.1, -0.05) is 0 Å². The van der Waals surface area contributed by atoms with Gasteiger partial charge in [-0.2, -0.15) is 0 Å². The number of hydrogen-bond donors (Lipinski definition) is 0. The first-order valence-electron chi connectivity index (χ1n) is 4.76. The third-order valence-electron chi connectivity index (χ3n) is 4.63. The Balaban J connectivity index is 2.06. The van der Waals surface area contributed by atoms with E-state index in [1.165, 1.54) is 25.7 Å². The standard InChI is InChI=1S/C10H14O/c1-6(11)10-5-7-4-8(10)2-3-9(7)10/h7-9H,2-5H2,1H3. The molecule has 4 atom stereocenters. The van der Waals surface area contributed by atoms with Gasteiger partial charge in [-0.25, -0.2) is 0 Å². The molecule has 4 fully saturated rings. The summed E-state index contributed by atoms with van der Waals surface area (Å²) in [6, 6.07) is 0. The zero-order chi connectivity index (χ0) is 7.64. The Morgan fingerprint density at radius 2 is 2.27 bits per heavy atom. The molecular formula is C10H14O. The molecule has 4 aliphatic rings. The summed E-state index contributed by atoms with van der Waals surface area (Å²) in [4.78, 5) is 11.5. The van der Waals surface area contributed by atoms with Gasteiger partial charge in [0, 0.05) is 5.41 Å². The lowest BCUT2D eigenvalue weighted by atomic mass is 9.59. The normalized spacial score (nSPS) is 57.7. The van der Waals surface area contributed by atoms with Crippen LogP contribution in [0.5, 0.6) is 0 Å². The molecule has 0 aromatic carbocycles. The van der Waals surface area contributed by atoms with Crippen LogP contribution >= 0.6 is 0 Å². The Labute approximate surface area is 67.2 Å². The Morgan fingerprint density at radius 3 is 2.64 bits per heavy atom. The predicted octanol–water partition coefficient (Wildman–Crippen LogP) is 2.01. The number of Topliss-reactive ketones (excluding diaryl/α,β-unsaturated/α-hetero) is 1. The zero-order valence-electron chi connectivity index (χ0n) is 6.97. The van der Waals surface area contributed by atoms with E-state index >= 15 is 0 Å². The SMILES string of the molecule is CC(=O)C12CC3CC1CCC32. The second-order valence-corrected chi connectivity index (χ2v) is 4.68. The summed E-state index contributed by atoms with van der Waals surface area (Å²) in [5.74, 6) is 3.08. The molecule has 4 rings (SSSR count). The van der Waals surface area contributed by atoms with Crippen LogP contribution in [0.15, 0.2) is 0 Å². The Kier molecular flexibility index (Phi) is 0.875. The molecule has 1 nitrogen and oxygen atoms in total. The van der Waals surface area contributed by atoms with E-state index < -0.39 is 0 Å². The Morgan fingerprint density at radius 1 is 1.45 bits per heavy atom. The van der Waals surface area contributed by atoms with Crippen molar-refractivity contribution in [3.63, 3.8) is 0 Å². The van der Waals surface area contributed by atoms with Crippen LogP contribution in [0.1, 0.15) is 32.6 Å². The highest BCUT2D eigenvalue weighted by Crippen LogP contribution is 2.73. The first kappa shape index (κ1) is 6.22. The minimum Gasteiger partial charge on any atom is -0.299 e. The van der Waals surface area contributed by atoms with Crippen molar-refractivity contribution in [2.24, 2.45) is 23.2 Å². The van der Waals surface area contributed by atoms with E-state index in [1.54, 1.807) is 0 Å². The zero-order valence-corrected chi connectivity index (χ0v) is 6.97. The molecule has 0 saturated heterocycles. The minimum atomic E-state index is 0.227. The third kappa shape index (κ3) is 0.447. The number of carbonyl (C=O) groups is 1. The van der Waals surface area contributed by atoms with Crippen LogP contribution in [0.4, 0.5) is 0 Å². The second-order valence-electron chi connectivity index (χ2n) is 4.68. The van der Waals surface area contributed by atoms with Crippen molar-refractivity contribution >= 4 is 5.78 Å². The van der Waals surface area contributed by atoms with E-state index in [-0.39, 0.29) is 5.41 Å². The third-order valence-corrected chi connectivity index (χ3v) is 4.63. The van der Waals surface area contributed by atoms with Crippen LogP contribution in [-0.2, 0) is 4.79 Å². The summed E-state index contributed by atoms with van der Waals surface area (Å²) in [5.41, 5.74) is 0.227. The van der Waals surface area contributed by atoms with Crippen molar-refractivity contribution in [1.82, 2.24) is 0 Å². The summed E-state index contributed by atoms with van der Waals surface area (Å²) in [7, 11) is 0. The molecule has 4 saturated carbocycles. The highest BCUT2D eigenvalue weighted by atomic mass is 16.1. The van der Waals surface area contributed by atoms with E-state index in [2.05, 4.69) is 0 Å². The van der Waals surface area contributed by atoms with Gasteiger partial charge in [0.25, 0.3) is 0 Å². The molecule has 0 aromatic rings. The van der Waals surface area contributed by atoms with Crippen molar-refractivity contribution in [2.45, 2.75) is 32.6 Å². The highest BCUT2D eigenvalue weighted by Gasteiger charge is 2.69. The fourth-order valence-corrected chi connectivity index (χ4v) is 4.22. The van der Waals surface area contributed by atoms with Crippen molar-refractivity contribution < 1.29 is 4.79 Å². The highest BCUT2D eigenvalue weighted by molar-refractivity contribution is 5.85. The topological polar surface area (TPSA) is 17.1 Å². The van der Waals surface area contributed by atoms with E-state index in [1.807, 2.05) is 6.92 Å². The maximum atomic E-state index is 11.5. The average Bonchev–Trinajstić information content (AvgIpc) is 2.46. The fraction of sp³-hybridized carbons (Fsp3) is 0.900. The van der Waals surface area contributed by atoms with Gasteiger partial charge in [-0.05, 0) is 50.4 Å². The summed E-state index contributed by atoms with van der Waals surface area (Å²) in [6.45, 7) is 1.81. The van der Waals surface area contributed by atoms with Gasteiger partial charge in [0.2, 0.25) is 0 Å². The molecule has 0 heterocycles. The molecule has 0 spiro atoms. The molecule has 1 heteroatoms. The van der Waals surface area contributed by atoms with Crippen molar-refractivity contribution in [3.05, 3.63) is 0 Å². The smallest absolute Gasteiger partial charge is 0.136 e. The van der Waals surface area contributed by atoms with Crippen LogP contribution < -0.4 is 0 Å². The number of rotatable bonds is 1. The number of carbonyl (C=O) groups excluding carboxylic acids is 1. The average molecular weight is 150 g/mol. The first-order chi connectivity index (χ1) is 5.25. The summed E-state index contributed by atoms with van der Waals surface area (Å²) < 4.78 is 0. The maximum absolute atomic E-state index is 11.5. The predicted molar refractivity (Wildman–Crippen MR) is 42.1 cm³/mol. The van der Waals surface area contributed by atoms with E-state index in [0.29, 0.717) is 5.78 Å². The lowest BCUT2D eigenvalue weighted by Crippen LogP contribution is -2.44. The lowest BCUT2D eigenvalue weighted by molar-refractivity contribution is -0.135. The van der Waals surface area contributed by atoms with E-state index in [0.717, 1.165) is 17.8 Å². The minimum absolute atomic E-state index is 0.227. The summed E-state index contributed by atoms with van der Waals surface area (Å²) >= 11 is 0. The Bertz CT molecular complexity index is 225. The quantitative estimate of drug-likeness (QED) is 0.559. The largest absolute Gasteiger partial charge is 0.299 e. The Hall–Kier alpha value is -0.330. The molecular weight excluding hydrogens is 136 g/mol. The molecule has 4 unspecified atom stereocenters. The van der Waals surface area contributed by atoms with Crippen LogP contribution in [0.2, 0.25) is 0 Å². The van der Waals surface area contributed by atoms with Gasteiger partial charge >= 0.3 is 0 Å². The van der Waals surface area contributed by atoms with Gasteiger partial charge in [0.1, 0.15) is 5.78 Å². The van der Waals surface area contributed by atoms with Crippen LogP contribution in [0.25, 0.3) is 0 Å². The molecule has 11 heavy (non-hydrogen) atoms. The fourth-order valence-electron chi connectivity index (χ4n) is 4.22. The van der Waals surface area contributed by atoms with Crippen LogP contribution in [0, 0.1) is 23.2 Å². The van der Waals surface area contributed by atoms with Crippen molar-refractivity contribution in [1.29, 1.82) is 0 Å².